The molecule has 0 aliphatic heterocycles. The summed E-state index contributed by atoms with van der Waals surface area (Å²) in [6.07, 6.45) is -4.90. The molecule has 0 amide bonds. The van der Waals surface area contributed by atoms with E-state index in [-0.39, 0.29) is 8.95 Å². The lowest BCUT2D eigenvalue weighted by atomic mass is 10.3. The van der Waals surface area contributed by atoms with Crippen molar-refractivity contribution in [1.29, 1.82) is 0 Å². The molecule has 0 saturated carbocycles. The predicted molar refractivity (Wildman–Crippen MR) is 55.2 cm³/mol. The van der Waals surface area contributed by atoms with Gasteiger partial charge in [-0.1, -0.05) is 0 Å². The fraction of sp³-hybridized carbons (Fsp3) is 0.143. The van der Waals surface area contributed by atoms with Crippen molar-refractivity contribution in [2.24, 2.45) is 0 Å². The lowest BCUT2D eigenvalue weighted by molar-refractivity contribution is -0.385. The highest BCUT2D eigenvalue weighted by Gasteiger charge is 2.33. The smallest absolute Gasteiger partial charge is 0.404 e. The number of rotatable bonds is 2. The number of ether oxygens (including phenoxy) is 1. The minimum atomic E-state index is -4.90. The molecule has 0 spiro atoms. The summed E-state index contributed by atoms with van der Waals surface area (Å²) in [5, 5.41) is 10.5. The van der Waals surface area contributed by atoms with E-state index in [1.807, 2.05) is 0 Å². The van der Waals surface area contributed by atoms with Crippen molar-refractivity contribution >= 4 is 37.5 Å². The van der Waals surface area contributed by atoms with Gasteiger partial charge in [0.25, 0.3) is 5.69 Å². The van der Waals surface area contributed by atoms with E-state index >= 15 is 0 Å². The highest BCUT2D eigenvalue weighted by molar-refractivity contribution is 9.11. The van der Waals surface area contributed by atoms with E-state index in [1.54, 1.807) is 0 Å². The molecule has 0 bridgehead atoms. The molecule has 4 nitrogen and oxygen atoms in total. The standard InChI is InChI=1S/C7H2Br2F3NO3/c8-3-1-4(9)6(16-7(10,11)12)2-5(3)13(14)15/h1-2H. The molecular weight excluding hydrogens is 363 g/mol. The highest BCUT2D eigenvalue weighted by Crippen LogP contribution is 2.38. The Labute approximate surface area is 104 Å². The number of halogens is 5. The SMILES string of the molecule is O=[N+]([O-])c1cc(OC(F)(F)F)c(Br)cc1Br. The maximum Gasteiger partial charge on any atom is 0.573 e. The molecule has 0 aliphatic rings. The molecule has 0 aliphatic carbocycles. The number of nitro benzene ring substituents is 1. The molecule has 0 atom stereocenters. The van der Waals surface area contributed by atoms with Gasteiger partial charge in [-0.25, -0.2) is 0 Å². The van der Waals surface area contributed by atoms with Crippen molar-refractivity contribution in [2.45, 2.75) is 6.36 Å². The van der Waals surface area contributed by atoms with Crippen molar-refractivity contribution < 1.29 is 22.8 Å². The van der Waals surface area contributed by atoms with Crippen LogP contribution in [-0.2, 0) is 0 Å². The zero-order chi connectivity index (χ0) is 12.5. The second-order valence-electron chi connectivity index (χ2n) is 2.54. The summed E-state index contributed by atoms with van der Waals surface area (Å²) < 4.78 is 39.4. The molecular formula is C7H2Br2F3NO3. The number of nitrogens with zero attached hydrogens (tertiary/aromatic N) is 1. The second-order valence-corrected chi connectivity index (χ2v) is 4.25. The van der Waals surface area contributed by atoms with Gasteiger partial charge >= 0.3 is 6.36 Å². The number of nitro groups is 1. The first kappa shape index (κ1) is 13.2. The fourth-order valence-corrected chi connectivity index (χ4v) is 2.08. The molecule has 0 N–H and O–H groups in total. The third-order valence-electron chi connectivity index (χ3n) is 1.42. The normalized spacial score (nSPS) is 11.3. The molecule has 1 aromatic carbocycles. The third-order valence-corrected chi connectivity index (χ3v) is 2.68. The summed E-state index contributed by atoms with van der Waals surface area (Å²) >= 11 is 5.66. The highest BCUT2D eigenvalue weighted by atomic mass is 79.9. The average molecular weight is 365 g/mol. The van der Waals surface area contributed by atoms with Crippen molar-refractivity contribution in [2.75, 3.05) is 0 Å². The summed E-state index contributed by atoms with van der Waals surface area (Å²) in [4.78, 5) is 9.65. The van der Waals surface area contributed by atoms with Crippen molar-refractivity contribution in [3.8, 4) is 5.75 Å². The molecule has 0 radical (unpaired) electrons. The Kier molecular flexibility index (Phi) is 3.79. The van der Waals surface area contributed by atoms with Crippen molar-refractivity contribution in [1.82, 2.24) is 0 Å². The molecule has 0 heterocycles. The topological polar surface area (TPSA) is 52.4 Å². The van der Waals surface area contributed by atoms with Gasteiger partial charge in [0.15, 0.2) is 5.75 Å². The number of hydrogen-bond donors (Lipinski definition) is 0. The largest absolute Gasteiger partial charge is 0.573 e. The van der Waals surface area contributed by atoms with E-state index in [0.717, 1.165) is 6.07 Å². The van der Waals surface area contributed by atoms with Crippen LogP contribution in [0.3, 0.4) is 0 Å². The maximum absolute atomic E-state index is 11.9. The first-order valence-electron chi connectivity index (χ1n) is 3.60. The van der Waals surface area contributed by atoms with Gasteiger partial charge in [0.05, 0.1) is 19.9 Å². The van der Waals surface area contributed by atoms with E-state index in [0.29, 0.717) is 6.07 Å². The van der Waals surface area contributed by atoms with Gasteiger partial charge in [-0.2, -0.15) is 0 Å². The van der Waals surface area contributed by atoms with E-state index in [9.17, 15) is 23.3 Å². The monoisotopic (exact) mass is 363 g/mol. The number of benzene rings is 1. The lowest BCUT2D eigenvalue weighted by Crippen LogP contribution is -2.17. The molecule has 0 aromatic heterocycles. The van der Waals surface area contributed by atoms with Crippen LogP contribution in [0.1, 0.15) is 0 Å². The summed E-state index contributed by atoms with van der Waals surface area (Å²) in [6, 6.07) is 1.79. The Morgan fingerprint density at radius 2 is 1.81 bits per heavy atom. The van der Waals surface area contributed by atoms with Gasteiger partial charge in [0.2, 0.25) is 0 Å². The maximum atomic E-state index is 11.9. The van der Waals surface area contributed by atoms with Gasteiger partial charge in [0.1, 0.15) is 0 Å². The Morgan fingerprint density at radius 1 is 1.25 bits per heavy atom. The lowest BCUT2D eigenvalue weighted by Gasteiger charge is -2.10. The second kappa shape index (κ2) is 4.58. The van der Waals surface area contributed by atoms with Crippen LogP contribution in [0.4, 0.5) is 18.9 Å². The van der Waals surface area contributed by atoms with Crippen LogP contribution < -0.4 is 4.74 Å². The van der Waals surface area contributed by atoms with Crippen molar-refractivity contribution in [3.05, 3.63) is 31.2 Å². The molecule has 0 fully saturated rings. The van der Waals surface area contributed by atoms with Gasteiger partial charge < -0.3 is 4.74 Å². The minimum Gasteiger partial charge on any atom is -0.404 e. The van der Waals surface area contributed by atoms with Gasteiger partial charge in [-0.05, 0) is 37.9 Å². The minimum absolute atomic E-state index is 0.0395. The number of alkyl halides is 3. The first-order valence-corrected chi connectivity index (χ1v) is 5.18. The first-order chi connectivity index (χ1) is 7.20. The molecule has 1 aromatic rings. The Hall–Kier alpha value is -0.830. The van der Waals surface area contributed by atoms with Gasteiger partial charge in [-0.15, -0.1) is 13.2 Å². The van der Waals surface area contributed by atoms with Crippen LogP contribution in [0.25, 0.3) is 0 Å². The molecule has 16 heavy (non-hydrogen) atoms. The van der Waals surface area contributed by atoms with Gasteiger partial charge in [0, 0.05) is 0 Å². The molecule has 0 saturated heterocycles. The van der Waals surface area contributed by atoms with E-state index in [2.05, 4.69) is 36.6 Å². The summed E-state index contributed by atoms with van der Waals surface area (Å²) in [6.45, 7) is 0. The van der Waals surface area contributed by atoms with Crippen LogP contribution in [0, 0.1) is 10.1 Å². The summed E-state index contributed by atoms with van der Waals surface area (Å²) in [7, 11) is 0. The zero-order valence-electron chi connectivity index (χ0n) is 7.22. The summed E-state index contributed by atoms with van der Waals surface area (Å²) in [5.41, 5.74) is -0.512. The van der Waals surface area contributed by atoms with E-state index in [4.69, 9.17) is 0 Å². The molecule has 0 unspecified atom stereocenters. The molecule has 1 rings (SSSR count). The average Bonchev–Trinajstić information content (AvgIpc) is 2.07. The van der Waals surface area contributed by atoms with Crippen LogP contribution >= 0.6 is 31.9 Å². The van der Waals surface area contributed by atoms with Crippen molar-refractivity contribution in [3.63, 3.8) is 0 Å². The fourth-order valence-electron chi connectivity index (χ4n) is 0.861. The Bertz CT molecular complexity index is 436. The quantitative estimate of drug-likeness (QED) is 0.588. The zero-order valence-corrected chi connectivity index (χ0v) is 10.4. The van der Waals surface area contributed by atoms with Crippen LogP contribution in [0.15, 0.2) is 21.1 Å². The van der Waals surface area contributed by atoms with E-state index in [1.165, 1.54) is 0 Å². The molecule has 88 valence electrons. The van der Waals surface area contributed by atoms with E-state index < -0.39 is 22.7 Å². The third kappa shape index (κ3) is 3.34. The van der Waals surface area contributed by atoms with Gasteiger partial charge in [-0.3, -0.25) is 10.1 Å². The van der Waals surface area contributed by atoms with Crippen LogP contribution in [-0.4, -0.2) is 11.3 Å². The Balaban J connectivity index is 3.20. The number of hydrogen-bond acceptors (Lipinski definition) is 3. The van der Waals surface area contributed by atoms with Crippen LogP contribution in [0.5, 0.6) is 5.75 Å². The predicted octanol–water partition coefficient (Wildman–Crippen LogP) is 4.02. The Morgan fingerprint density at radius 3 is 2.25 bits per heavy atom. The molecule has 9 heteroatoms. The van der Waals surface area contributed by atoms with Crippen LogP contribution in [0.2, 0.25) is 0 Å². The summed E-state index contributed by atoms with van der Waals surface area (Å²) in [5.74, 6) is -0.664.